The van der Waals surface area contributed by atoms with E-state index in [1.165, 1.54) is 64.2 Å². The zero-order valence-electron chi connectivity index (χ0n) is 26.8. The number of primary amides is 2. The fourth-order valence-corrected chi connectivity index (χ4v) is 3.40. The van der Waals surface area contributed by atoms with Crippen LogP contribution >= 0.6 is 0 Å². The Morgan fingerprint density at radius 1 is 0.705 bits per heavy atom. The highest BCUT2D eigenvalue weighted by atomic mass is 19.4. The van der Waals surface area contributed by atoms with E-state index in [2.05, 4.69) is 29.0 Å². The molecule has 0 aromatic carbocycles. The number of amides is 4. The zero-order chi connectivity index (χ0) is 34.8. The predicted molar refractivity (Wildman–Crippen MR) is 165 cm³/mol. The number of unbranched alkanes of at least 4 members (excludes halogenated alkanes) is 11. The molecule has 1 atom stereocenters. The Hall–Kier alpha value is -3.10. The topological polar surface area (TPSA) is 228 Å². The van der Waals surface area contributed by atoms with E-state index in [9.17, 15) is 27.6 Å². The minimum absolute atomic E-state index is 0.0679. The average Bonchev–Trinajstić information content (AvgIpc) is 2.92. The number of rotatable bonds is 21. The summed E-state index contributed by atoms with van der Waals surface area (Å²) in [7, 11) is 0. The molecule has 0 aromatic rings. The highest BCUT2D eigenvalue weighted by Gasteiger charge is 2.38. The van der Waals surface area contributed by atoms with Crippen molar-refractivity contribution in [3.63, 3.8) is 0 Å². The Labute approximate surface area is 260 Å². The van der Waals surface area contributed by atoms with Gasteiger partial charge in [-0.05, 0) is 32.2 Å². The van der Waals surface area contributed by atoms with E-state index in [1.54, 1.807) is 0 Å². The summed E-state index contributed by atoms with van der Waals surface area (Å²) in [6, 6.07) is -1.26. The number of carboxylic acid groups (broad SMARTS) is 2. The molecule has 262 valence electrons. The third kappa shape index (κ3) is 45.9. The molecule has 0 aliphatic carbocycles. The van der Waals surface area contributed by atoms with E-state index >= 15 is 0 Å². The highest BCUT2D eigenvalue weighted by molar-refractivity contribution is 5.87. The molecule has 0 aliphatic heterocycles. The fourth-order valence-electron chi connectivity index (χ4n) is 3.40. The number of nitrogens with two attached hydrogens (primary N) is 3. The molecule has 0 aliphatic rings. The van der Waals surface area contributed by atoms with Crippen molar-refractivity contribution >= 4 is 29.8 Å². The number of nitrogens with one attached hydrogen (secondary N) is 2. The molecular formula is C29H58F3N5O7. The summed E-state index contributed by atoms with van der Waals surface area (Å²) < 4.78 is 31.7. The number of hydrogen-bond donors (Lipinski definition) is 7. The normalized spacial score (nSPS) is 10.8. The molecule has 0 fully saturated rings. The second-order valence-corrected chi connectivity index (χ2v) is 9.95. The van der Waals surface area contributed by atoms with Crippen molar-refractivity contribution in [3.05, 3.63) is 0 Å². The van der Waals surface area contributed by atoms with Gasteiger partial charge < -0.3 is 38.0 Å². The first-order valence-electron chi connectivity index (χ1n) is 15.4. The molecule has 10 N–H and O–H groups in total. The number of carboxylic acids is 2. The lowest BCUT2D eigenvalue weighted by Crippen LogP contribution is -2.46. The summed E-state index contributed by atoms with van der Waals surface area (Å²) in [6.07, 6.45) is 13.3. The lowest BCUT2D eigenvalue weighted by molar-refractivity contribution is -0.192. The van der Waals surface area contributed by atoms with Gasteiger partial charge in [0.05, 0.1) is 0 Å². The predicted octanol–water partition coefficient (Wildman–Crippen LogP) is 4.97. The van der Waals surface area contributed by atoms with Crippen LogP contribution in [0, 0.1) is 0 Å². The summed E-state index contributed by atoms with van der Waals surface area (Å²) in [4.78, 5) is 51.3. The first kappa shape index (κ1) is 47.8. The molecule has 0 saturated heterocycles. The summed E-state index contributed by atoms with van der Waals surface area (Å²) in [6.45, 7) is 7.21. The molecule has 44 heavy (non-hydrogen) atoms. The standard InChI is InChI=1S/C22H45N3O2.C4H8O2.C2HF3O2.CH4N2O/c1-3-5-6-7-8-9-10-11-12-13-14-15-19-24-22(27)20(4-2)25-21(26)17-16-18-23;1-2-3-4(5)6;3-2(4,5)1(6)7;2-1(3)4/h20H,3-19,23H2,1-2H3,(H,24,27)(H,25,26);2-3H2,1H3,(H,5,6);(H,6,7);(H4,2,3,4). The van der Waals surface area contributed by atoms with Crippen molar-refractivity contribution in [2.75, 3.05) is 13.1 Å². The van der Waals surface area contributed by atoms with E-state index in [0.29, 0.717) is 38.8 Å². The van der Waals surface area contributed by atoms with Crippen LogP contribution in [0.2, 0.25) is 0 Å². The Bertz CT molecular complexity index is 739. The van der Waals surface area contributed by atoms with Gasteiger partial charge in [-0.25, -0.2) is 9.59 Å². The molecule has 0 saturated carbocycles. The van der Waals surface area contributed by atoms with Crippen LogP contribution in [-0.4, -0.2) is 65.3 Å². The molecule has 1 unspecified atom stereocenters. The van der Waals surface area contributed by atoms with Gasteiger partial charge in [0.15, 0.2) is 0 Å². The number of carbonyl (C=O) groups excluding carboxylic acids is 3. The monoisotopic (exact) mass is 645 g/mol. The molecule has 12 nitrogen and oxygen atoms in total. The van der Waals surface area contributed by atoms with Crippen LogP contribution in [0.25, 0.3) is 0 Å². The van der Waals surface area contributed by atoms with Crippen molar-refractivity contribution in [2.24, 2.45) is 17.2 Å². The van der Waals surface area contributed by atoms with Gasteiger partial charge in [-0.1, -0.05) is 91.4 Å². The second-order valence-electron chi connectivity index (χ2n) is 9.95. The van der Waals surface area contributed by atoms with Crippen molar-refractivity contribution in [3.8, 4) is 0 Å². The van der Waals surface area contributed by atoms with Crippen LogP contribution in [0.4, 0.5) is 18.0 Å². The maximum absolute atomic E-state index is 12.1. The first-order valence-corrected chi connectivity index (χ1v) is 15.4. The third-order valence-corrected chi connectivity index (χ3v) is 5.70. The van der Waals surface area contributed by atoms with Crippen molar-refractivity contribution in [1.29, 1.82) is 0 Å². The smallest absolute Gasteiger partial charge is 0.481 e. The van der Waals surface area contributed by atoms with Gasteiger partial charge >= 0.3 is 24.1 Å². The van der Waals surface area contributed by atoms with Gasteiger partial charge in [0.25, 0.3) is 0 Å². The molecule has 0 bridgehead atoms. The number of alkyl halides is 3. The fraction of sp³-hybridized carbons (Fsp3) is 0.828. The maximum atomic E-state index is 12.1. The van der Waals surface area contributed by atoms with Crippen LogP contribution in [0.1, 0.15) is 130 Å². The van der Waals surface area contributed by atoms with Crippen LogP contribution in [-0.2, 0) is 19.2 Å². The van der Waals surface area contributed by atoms with Gasteiger partial charge in [-0.2, -0.15) is 13.2 Å². The number of urea groups is 1. The van der Waals surface area contributed by atoms with Crippen LogP contribution in [0.3, 0.4) is 0 Å². The summed E-state index contributed by atoms with van der Waals surface area (Å²) in [5.74, 6) is -3.63. The molecule has 4 amide bonds. The summed E-state index contributed by atoms with van der Waals surface area (Å²) in [5, 5.41) is 20.8. The Kier molecular flexibility index (Phi) is 37.4. The van der Waals surface area contributed by atoms with Gasteiger partial charge in [-0.15, -0.1) is 0 Å². The first-order chi connectivity index (χ1) is 20.6. The molecule has 0 spiro atoms. The zero-order valence-corrected chi connectivity index (χ0v) is 26.8. The lowest BCUT2D eigenvalue weighted by atomic mass is 10.1. The summed E-state index contributed by atoms with van der Waals surface area (Å²) in [5.41, 5.74) is 13.9. The second kappa shape index (κ2) is 34.4. The van der Waals surface area contributed by atoms with E-state index in [4.69, 9.17) is 25.5 Å². The molecule has 0 radical (unpaired) electrons. The Morgan fingerprint density at radius 2 is 1.11 bits per heavy atom. The average molecular weight is 646 g/mol. The minimum Gasteiger partial charge on any atom is -0.481 e. The van der Waals surface area contributed by atoms with Crippen molar-refractivity contribution < 1.29 is 47.4 Å². The summed E-state index contributed by atoms with van der Waals surface area (Å²) >= 11 is 0. The SMILES string of the molecule is CCCC(=O)O.CCCCCCCCCCCCCCNC(=O)C(CC)NC(=O)CCCN.NC(N)=O.O=C(O)C(F)(F)F. The van der Waals surface area contributed by atoms with Gasteiger partial charge in [0.1, 0.15) is 6.04 Å². The van der Waals surface area contributed by atoms with E-state index < -0.39 is 30.2 Å². The van der Waals surface area contributed by atoms with Crippen LogP contribution in [0.15, 0.2) is 0 Å². The number of aliphatic carboxylic acids is 2. The van der Waals surface area contributed by atoms with Crippen LogP contribution < -0.4 is 27.8 Å². The molecule has 0 heterocycles. The van der Waals surface area contributed by atoms with Crippen LogP contribution in [0.5, 0.6) is 0 Å². The lowest BCUT2D eigenvalue weighted by Gasteiger charge is -2.16. The van der Waals surface area contributed by atoms with Gasteiger partial charge in [-0.3, -0.25) is 14.4 Å². The molecule has 0 aromatic heterocycles. The largest absolute Gasteiger partial charge is 0.490 e. The number of carbonyl (C=O) groups is 5. The van der Waals surface area contributed by atoms with E-state index in [1.807, 2.05) is 13.8 Å². The van der Waals surface area contributed by atoms with Crippen molar-refractivity contribution in [2.45, 2.75) is 142 Å². The quantitative estimate of drug-likeness (QED) is 0.0841. The molecule has 0 rings (SSSR count). The van der Waals surface area contributed by atoms with E-state index in [-0.39, 0.29) is 11.8 Å². The van der Waals surface area contributed by atoms with Gasteiger partial charge in [0.2, 0.25) is 11.8 Å². The van der Waals surface area contributed by atoms with Crippen molar-refractivity contribution in [1.82, 2.24) is 10.6 Å². The van der Waals surface area contributed by atoms with Gasteiger partial charge in [0, 0.05) is 19.4 Å². The molecule has 15 heteroatoms. The minimum atomic E-state index is -5.08. The molecular weight excluding hydrogens is 587 g/mol. The Balaban J connectivity index is -0.000000380. The Morgan fingerprint density at radius 3 is 1.41 bits per heavy atom. The number of hydrogen-bond acceptors (Lipinski definition) is 6. The number of halogens is 3. The maximum Gasteiger partial charge on any atom is 0.490 e. The van der Waals surface area contributed by atoms with E-state index in [0.717, 1.165) is 19.3 Å². The third-order valence-electron chi connectivity index (χ3n) is 5.70. The highest BCUT2D eigenvalue weighted by Crippen LogP contribution is 2.13.